The number of carboxylic acids is 2. The van der Waals surface area contributed by atoms with Crippen LogP contribution in [0.5, 0.6) is 0 Å². The first-order valence-corrected chi connectivity index (χ1v) is 10.1. The molecule has 12 nitrogen and oxygen atoms in total. The number of aliphatic carboxylic acids is 2. The van der Waals surface area contributed by atoms with E-state index in [4.69, 9.17) is 10.8 Å². The van der Waals surface area contributed by atoms with Gasteiger partial charge in [0.2, 0.25) is 11.8 Å². The molecule has 0 fully saturated rings. The number of amides is 2. The number of imidazole rings is 1. The maximum atomic E-state index is 13.0. The Bertz CT molecular complexity index is 1140. The fourth-order valence-corrected chi connectivity index (χ4v) is 3.38. The standard InChI is InChI=1S/C21H24N6O6/c22-14(7-18(28)29)19(30)26-16(6-12-9-23-10-25-12)20(31)27-17(21(32)33)5-11-8-24-15-4-2-1-3-13(11)15/h1-4,8-10,14,16-17,24H,5-7,22H2,(H,23,25)(H,26,30)(H,27,31)(H,28,29)(H,32,33)/t14-,16-,17-/m0/s1. The number of carboxylic acid groups (broad SMARTS) is 2. The fourth-order valence-electron chi connectivity index (χ4n) is 3.38. The lowest BCUT2D eigenvalue weighted by atomic mass is 10.0. The number of nitrogens with zero attached hydrogens (tertiary/aromatic N) is 1. The van der Waals surface area contributed by atoms with Crippen molar-refractivity contribution in [1.29, 1.82) is 0 Å². The molecule has 0 radical (unpaired) electrons. The lowest BCUT2D eigenvalue weighted by Gasteiger charge is -2.22. The van der Waals surface area contributed by atoms with Gasteiger partial charge in [-0.05, 0) is 11.6 Å². The van der Waals surface area contributed by atoms with E-state index in [1.54, 1.807) is 6.20 Å². The Morgan fingerprint density at radius 1 is 1.00 bits per heavy atom. The van der Waals surface area contributed by atoms with Gasteiger partial charge in [0, 0.05) is 41.8 Å². The van der Waals surface area contributed by atoms with Crippen LogP contribution in [0.25, 0.3) is 10.9 Å². The molecule has 12 heteroatoms. The minimum Gasteiger partial charge on any atom is -0.481 e. The summed E-state index contributed by atoms with van der Waals surface area (Å²) in [6.07, 6.45) is 3.87. The van der Waals surface area contributed by atoms with E-state index in [-0.39, 0.29) is 12.8 Å². The molecule has 3 atom stereocenters. The average molecular weight is 456 g/mol. The summed E-state index contributed by atoms with van der Waals surface area (Å²) in [7, 11) is 0. The molecule has 8 N–H and O–H groups in total. The van der Waals surface area contributed by atoms with Gasteiger partial charge in [-0.2, -0.15) is 0 Å². The van der Waals surface area contributed by atoms with E-state index in [9.17, 15) is 24.3 Å². The minimum absolute atomic E-state index is 0.00827. The molecule has 2 aromatic heterocycles. The Morgan fingerprint density at radius 2 is 1.73 bits per heavy atom. The number of benzene rings is 1. The number of carbonyl (C=O) groups excluding carboxylic acids is 2. The van der Waals surface area contributed by atoms with Crippen LogP contribution in [0.15, 0.2) is 43.0 Å². The Hall–Kier alpha value is -4.19. The third-order valence-electron chi connectivity index (χ3n) is 5.06. The number of carbonyl (C=O) groups is 4. The van der Waals surface area contributed by atoms with Crippen LogP contribution < -0.4 is 16.4 Å². The maximum Gasteiger partial charge on any atom is 0.326 e. The summed E-state index contributed by atoms with van der Waals surface area (Å²) >= 11 is 0. The zero-order valence-corrected chi connectivity index (χ0v) is 17.4. The Morgan fingerprint density at radius 3 is 2.39 bits per heavy atom. The lowest BCUT2D eigenvalue weighted by molar-refractivity contribution is -0.142. The van der Waals surface area contributed by atoms with E-state index < -0.39 is 48.3 Å². The number of H-pyrrole nitrogens is 2. The van der Waals surface area contributed by atoms with E-state index in [0.29, 0.717) is 11.3 Å². The van der Waals surface area contributed by atoms with Crippen LogP contribution >= 0.6 is 0 Å². The second-order valence-electron chi connectivity index (χ2n) is 7.51. The average Bonchev–Trinajstić information content (AvgIpc) is 3.42. The molecule has 0 aliphatic rings. The van der Waals surface area contributed by atoms with Crippen LogP contribution in [0.2, 0.25) is 0 Å². The topological polar surface area (TPSA) is 203 Å². The fraction of sp³-hybridized carbons (Fsp3) is 0.286. The van der Waals surface area contributed by atoms with Gasteiger partial charge in [-0.15, -0.1) is 0 Å². The summed E-state index contributed by atoms with van der Waals surface area (Å²) in [5, 5.41) is 24.2. The van der Waals surface area contributed by atoms with Crippen molar-refractivity contribution in [2.45, 2.75) is 37.4 Å². The van der Waals surface area contributed by atoms with Crippen molar-refractivity contribution < 1.29 is 29.4 Å². The summed E-state index contributed by atoms with van der Waals surface area (Å²) in [5.41, 5.74) is 7.63. The van der Waals surface area contributed by atoms with Crippen molar-refractivity contribution in [3.63, 3.8) is 0 Å². The first kappa shape index (κ1) is 23.5. The van der Waals surface area contributed by atoms with Crippen molar-refractivity contribution in [3.8, 4) is 0 Å². The minimum atomic E-state index is -1.37. The molecule has 174 valence electrons. The molecular weight excluding hydrogens is 432 g/mol. The van der Waals surface area contributed by atoms with Gasteiger partial charge in [0.05, 0.1) is 18.8 Å². The Labute approximate surface area is 187 Å². The molecule has 2 amide bonds. The highest BCUT2D eigenvalue weighted by molar-refractivity contribution is 5.93. The van der Waals surface area contributed by atoms with Crippen molar-refractivity contribution >= 4 is 34.7 Å². The van der Waals surface area contributed by atoms with Crippen molar-refractivity contribution in [3.05, 3.63) is 54.2 Å². The second kappa shape index (κ2) is 10.4. The van der Waals surface area contributed by atoms with Gasteiger partial charge in [0.1, 0.15) is 12.1 Å². The molecule has 0 saturated heterocycles. The molecule has 0 aliphatic carbocycles. The summed E-state index contributed by atoms with van der Waals surface area (Å²) in [4.78, 5) is 57.7. The number of para-hydroxylation sites is 1. The lowest BCUT2D eigenvalue weighted by Crippen LogP contribution is -2.55. The molecule has 2 heterocycles. The number of hydrogen-bond donors (Lipinski definition) is 7. The largest absolute Gasteiger partial charge is 0.481 e. The van der Waals surface area contributed by atoms with Crippen LogP contribution in [0.3, 0.4) is 0 Å². The van der Waals surface area contributed by atoms with E-state index in [0.717, 1.165) is 10.9 Å². The Balaban J connectivity index is 1.75. The number of fused-ring (bicyclic) bond motifs is 1. The molecule has 0 spiro atoms. The van der Waals surface area contributed by atoms with Gasteiger partial charge in [0.25, 0.3) is 0 Å². The first-order valence-electron chi connectivity index (χ1n) is 10.1. The monoisotopic (exact) mass is 456 g/mol. The Kier molecular flexibility index (Phi) is 7.41. The van der Waals surface area contributed by atoms with E-state index >= 15 is 0 Å². The van der Waals surface area contributed by atoms with Gasteiger partial charge in [-0.1, -0.05) is 18.2 Å². The molecule has 0 unspecified atom stereocenters. The van der Waals surface area contributed by atoms with Gasteiger partial charge < -0.3 is 36.5 Å². The van der Waals surface area contributed by atoms with Crippen molar-refractivity contribution in [1.82, 2.24) is 25.6 Å². The number of aromatic amines is 2. The van der Waals surface area contributed by atoms with Crippen LogP contribution in [-0.4, -0.2) is 67.0 Å². The van der Waals surface area contributed by atoms with Gasteiger partial charge in [-0.3, -0.25) is 14.4 Å². The third kappa shape index (κ3) is 6.17. The van der Waals surface area contributed by atoms with Crippen molar-refractivity contribution in [2.24, 2.45) is 5.73 Å². The molecule has 33 heavy (non-hydrogen) atoms. The number of aromatic nitrogens is 3. The van der Waals surface area contributed by atoms with Gasteiger partial charge in [0.15, 0.2) is 0 Å². The highest BCUT2D eigenvalue weighted by Gasteiger charge is 2.29. The smallest absolute Gasteiger partial charge is 0.326 e. The van der Waals surface area contributed by atoms with Crippen LogP contribution in [0.1, 0.15) is 17.7 Å². The quantitative estimate of drug-likeness (QED) is 0.200. The number of nitrogens with two attached hydrogens (primary N) is 1. The SMILES string of the molecule is N[C@@H](CC(=O)O)C(=O)N[C@@H](Cc1cnc[nH]1)C(=O)N[C@@H](Cc1c[nH]c2ccccc12)C(=O)O. The maximum absolute atomic E-state index is 13.0. The predicted octanol–water partition coefficient (Wildman–Crippen LogP) is -0.468. The molecule has 0 aliphatic heterocycles. The zero-order chi connectivity index (χ0) is 24.0. The number of hydrogen-bond acceptors (Lipinski definition) is 6. The van der Waals surface area contributed by atoms with Crippen LogP contribution in [0, 0.1) is 0 Å². The van der Waals surface area contributed by atoms with E-state index in [1.807, 2.05) is 24.3 Å². The third-order valence-corrected chi connectivity index (χ3v) is 5.06. The normalized spacial score (nSPS) is 13.7. The molecule has 0 saturated carbocycles. The van der Waals surface area contributed by atoms with Gasteiger partial charge >= 0.3 is 11.9 Å². The zero-order valence-electron chi connectivity index (χ0n) is 17.4. The van der Waals surface area contributed by atoms with Crippen LogP contribution in [0.4, 0.5) is 0 Å². The molecule has 0 bridgehead atoms. The summed E-state index contributed by atoms with van der Waals surface area (Å²) in [6, 6.07) is 3.51. The van der Waals surface area contributed by atoms with E-state index in [1.165, 1.54) is 12.5 Å². The molecule has 3 aromatic rings. The summed E-state index contributed by atoms with van der Waals surface area (Å²) < 4.78 is 0. The second-order valence-corrected chi connectivity index (χ2v) is 7.51. The molecule has 3 rings (SSSR count). The van der Waals surface area contributed by atoms with E-state index in [2.05, 4.69) is 25.6 Å². The predicted molar refractivity (Wildman–Crippen MR) is 116 cm³/mol. The van der Waals surface area contributed by atoms with Crippen LogP contribution in [-0.2, 0) is 32.0 Å². The number of rotatable bonds is 11. The highest BCUT2D eigenvalue weighted by Crippen LogP contribution is 2.19. The first-order chi connectivity index (χ1) is 15.7. The number of nitrogens with one attached hydrogen (secondary N) is 4. The van der Waals surface area contributed by atoms with Crippen molar-refractivity contribution in [2.75, 3.05) is 0 Å². The van der Waals surface area contributed by atoms with Gasteiger partial charge in [-0.25, -0.2) is 9.78 Å². The summed E-state index contributed by atoms with van der Waals surface area (Å²) in [6.45, 7) is 0. The highest BCUT2D eigenvalue weighted by atomic mass is 16.4. The molecular formula is C21H24N6O6. The molecule has 1 aromatic carbocycles. The summed E-state index contributed by atoms with van der Waals surface area (Å²) in [5.74, 6) is -4.12.